The molecule has 0 radical (unpaired) electrons. The maximum atomic E-state index is 13.4. The molecule has 0 fully saturated rings. The van der Waals surface area contributed by atoms with E-state index in [-0.39, 0.29) is 11.5 Å². The minimum absolute atomic E-state index is 0.175. The number of hydrogen-bond acceptors (Lipinski definition) is 5. The Morgan fingerprint density at radius 3 is 1.47 bits per heavy atom. The Labute approximate surface area is 271 Å². The van der Waals surface area contributed by atoms with Crippen LogP contribution in [0.1, 0.15) is 53.5 Å². The Kier molecular flexibility index (Phi) is 8.25. The molecule has 1 unspecified atom stereocenters. The molecule has 1 atom stereocenters. The molecular weight excluding hydrogens is 594 g/mol. The van der Waals surface area contributed by atoms with Crippen molar-refractivity contribution in [2.75, 3.05) is 13.1 Å². The van der Waals surface area contributed by atoms with Crippen molar-refractivity contribution in [2.24, 2.45) is 11.5 Å². The lowest BCUT2D eigenvalue weighted by Crippen LogP contribution is -2.42. The highest BCUT2D eigenvalue weighted by molar-refractivity contribution is 6.19. The Bertz CT molecular complexity index is 1920. The van der Waals surface area contributed by atoms with Gasteiger partial charge in [-0.3, -0.25) is 9.59 Å². The summed E-state index contributed by atoms with van der Waals surface area (Å²) in [5, 5.41) is 22.5. The van der Waals surface area contributed by atoms with Crippen molar-refractivity contribution in [1.29, 1.82) is 0 Å². The number of fused-ring (bicyclic) bond motifs is 6. The third-order valence-electron chi connectivity index (χ3n) is 9.68. The average molecular weight is 630 g/mol. The summed E-state index contributed by atoms with van der Waals surface area (Å²) in [5.41, 5.74) is 16.7. The van der Waals surface area contributed by atoms with Crippen LogP contribution >= 0.6 is 0 Å². The van der Waals surface area contributed by atoms with E-state index >= 15 is 0 Å². The first-order valence-electron chi connectivity index (χ1n) is 15.6. The second kappa shape index (κ2) is 12.3. The number of benzene rings is 4. The Hall–Kier alpha value is -5.54. The van der Waals surface area contributed by atoms with Gasteiger partial charge in [0, 0.05) is 6.08 Å². The van der Waals surface area contributed by atoms with Crippen LogP contribution in [0.15, 0.2) is 97.1 Å². The molecule has 0 heterocycles. The first-order valence-corrected chi connectivity index (χ1v) is 15.6. The molecule has 2 amide bonds. The maximum Gasteiger partial charge on any atom is 0.336 e. The van der Waals surface area contributed by atoms with Crippen molar-refractivity contribution in [2.45, 2.75) is 36.5 Å². The summed E-state index contributed by atoms with van der Waals surface area (Å²) in [6.45, 7) is 1.17. The summed E-state index contributed by atoms with van der Waals surface area (Å²) in [4.78, 5) is 49.8. The smallest absolute Gasteiger partial charge is 0.336 e. The third-order valence-corrected chi connectivity index (χ3v) is 9.68. The second-order valence-electron chi connectivity index (χ2n) is 12.1. The number of nitrogens with two attached hydrogens (primary N) is 2. The summed E-state index contributed by atoms with van der Waals surface area (Å²) in [5.74, 6) is -3.72. The van der Waals surface area contributed by atoms with E-state index in [9.17, 15) is 29.4 Å². The molecule has 6 rings (SSSR count). The van der Waals surface area contributed by atoms with Crippen molar-refractivity contribution < 1.29 is 29.4 Å². The van der Waals surface area contributed by atoms with E-state index in [2.05, 4.69) is 5.32 Å². The van der Waals surface area contributed by atoms with Gasteiger partial charge in [0.15, 0.2) is 0 Å². The van der Waals surface area contributed by atoms with Gasteiger partial charge in [-0.05, 0) is 94.9 Å². The van der Waals surface area contributed by atoms with Gasteiger partial charge in [-0.25, -0.2) is 9.59 Å². The Morgan fingerprint density at radius 2 is 1.04 bits per heavy atom. The first kappa shape index (κ1) is 31.4. The molecular formula is C38H35N3O6. The van der Waals surface area contributed by atoms with Crippen molar-refractivity contribution in [3.05, 3.63) is 125 Å². The summed E-state index contributed by atoms with van der Waals surface area (Å²) < 4.78 is 0. The van der Waals surface area contributed by atoms with Crippen molar-refractivity contribution in [3.8, 4) is 22.3 Å². The molecule has 47 heavy (non-hydrogen) atoms. The number of aliphatic carboxylic acids is 2. The van der Waals surface area contributed by atoms with E-state index in [1.165, 1.54) is 0 Å². The van der Waals surface area contributed by atoms with E-state index in [0.717, 1.165) is 38.9 Å². The number of amides is 2. The predicted molar refractivity (Wildman–Crippen MR) is 178 cm³/mol. The highest BCUT2D eigenvalue weighted by Gasteiger charge is 2.48. The van der Waals surface area contributed by atoms with Crippen LogP contribution < -0.4 is 16.8 Å². The van der Waals surface area contributed by atoms with E-state index in [4.69, 9.17) is 11.5 Å². The van der Waals surface area contributed by atoms with Gasteiger partial charge < -0.3 is 27.0 Å². The normalized spacial score (nSPS) is 16.9. The average Bonchev–Trinajstić information content (AvgIpc) is 3.51. The topological polar surface area (TPSA) is 173 Å². The number of carboxylic acid groups (broad SMARTS) is 2. The molecule has 0 saturated heterocycles. The quantitative estimate of drug-likeness (QED) is 0.106. The van der Waals surface area contributed by atoms with Gasteiger partial charge in [0.2, 0.25) is 11.8 Å². The minimum atomic E-state index is -1.39. The minimum Gasteiger partial charge on any atom is -0.478 e. The van der Waals surface area contributed by atoms with Gasteiger partial charge in [-0.1, -0.05) is 84.9 Å². The number of hydrogen-bond donors (Lipinski definition) is 5. The van der Waals surface area contributed by atoms with Crippen LogP contribution in [-0.4, -0.2) is 47.1 Å². The molecule has 2 aliphatic carbocycles. The zero-order valence-corrected chi connectivity index (χ0v) is 25.7. The molecule has 0 bridgehead atoms. The molecule has 9 heteroatoms. The molecule has 0 aliphatic heterocycles. The molecule has 2 aliphatic rings. The number of nitrogens with one attached hydrogen (secondary N) is 1. The number of carbonyl (C=O) groups excluding carboxylic acids is 2. The van der Waals surface area contributed by atoms with Gasteiger partial charge in [0.1, 0.15) is 0 Å². The largest absolute Gasteiger partial charge is 0.478 e. The highest BCUT2D eigenvalue weighted by atomic mass is 16.4. The van der Waals surface area contributed by atoms with Gasteiger partial charge in [-0.2, -0.15) is 0 Å². The van der Waals surface area contributed by atoms with Crippen LogP contribution in [0.2, 0.25) is 0 Å². The fraction of sp³-hybridized carbons (Fsp3) is 0.211. The molecule has 0 saturated carbocycles. The van der Waals surface area contributed by atoms with Crippen LogP contribution in [0.3, 0.4) is 0 Å². The van der Waals surface area contributed by atoms with Crippen LogP contribution in [0.25, 0.3) is 27.8 Å². The summed E-state index contributed by atoms with van der Waals surface area (Å²) in [6.07, 6.45) is 2.76. The molecule has 0 aromatic heterocycles. The van der Waals surface area contributed by atoms with Crippen LogP contribution in [-0.2, 0) is 30.0 Å². The zero-order chi connectivity index (χ0) is 33.3. The van der Waals surface area contributed by atoms with E-state index in [1.807, 2.05) is 72.8 Å². The van der Waals surface area contributed by atoms with E-state index < -0.39 is 34.2 Å². The number of carbonyl (C=O) groups is 4. The molecule has 238 valence electrons. The lowest BCUT2D eigenvalue weighted by atomic mass is 9.73. The van der Waals surface area contributed by atoms with Crippen LogP contribution in [0.5, 0.6) is 0 Å². The number of rotatable bonds is 13. The van der Waals surface area contributed by atoms with Crippen molar-refractivity contribution >= 4 is 29.3 Å². The molecule has 0 spiro atoms. The van der Waals surface area contributed by atoms with Gasteiger partial charge in [0.05, 0.1) is 16.4 Å². The van der Waals surface area contributed by atoms with Gasteiger partial charge >= 0.3 is 11.9 Å². The Morgan fingerprint density at radius 1 is 0.617 bits per heavy atom. The standard InChI is InChI=1S/C38H35N3O6/c39-35(46)37(29-12-4-1-9-24(29)25-10-2-5-13-30(25)37)17-7-19-41-20-8-18-38(36(40)47)31-14-6-3-11-26(31)27-16-15-23(21-32(27)38)28(34(44)45)22-33(42)43/h1-6,9-16,21-22,41H,7-8,17-20H2,(H2,39,46)(H2,40,47)(H,42,43)(H,44,45)/b28-22+. The number of carboxylic acids is 2. The third kappa shape index (κ3) is 5.09. The van der Waals surface area contributed by atoms with Crippen LogP contribution in [0.4, 0.5) is 0 Å². The van der Waals surface area contributed by atoms with Gasteiger partial charge in [-0.15, -0.1) is 0 Å². The van der Waals surface area contributed by atoms with Gasteiger partial charge in [0.25, 0.3) is 0 Å². The van der Waals surface area contributed by atoms with Crippen molar-refractivity contribution in [1.82, 2.24) is 5.32 Å². The summed E-state index contributed by atoms with van der Waals surface area (Å²) >= 11 is 0. The highest BCUT2D eigenvalue weighted by Crippen LogP contribution is 2.52. The van der Waals surface area contributed by atoms with Crippen molar-refractivity contribution in [3.63, 3.8) is 0 Å². The van der Waals surface area contributed by atoms with E-state index in [0.29, 0.717) is 50.4 Å². The summed E-state index contributed by atoms with van der Waals surface area (Å²) in [6, 6.07) is 28.1. The lowest BCUT2D eigenvalue weighted by Gasteiger charge is -2.29. The molecule has 9 nitrogen and oxygen atoms in total. The van der Waals surface area contributed by atoms with E-state index in [1.54, 1.807) is 18.2 Å². The van der Waals surface area contributed by atoms with Crippen LogP contribution in [0, 0.1) is 0 Å². The maximum absolute atomic E-state index is 13.4. The molecule has 4 aromatic rings. The Balaban J connectivity index is 1.19. The predicted octanol–water partition coefficient (Wildman–Crippen LogP) is 4.59. The lowest BCUT2D eigenvalue weighted by molar-refractivity contribution is -0.133. The zero-order valence-electron chi connectivity index (χ0n) is 25.7. The first-order chi connectivity index (χ1) is 22.6. The fourth-order valence-electron chi connectivity index (χ4n) is 7.65. The fourth-order valence-corrected chi connectivity index (χ4v) is 7.65. The SMILES string of the molecule is NC(=O)C1(CCCNCCCC2(C(N)=O)c3ccccc3-c3ccc(/C(=C\C(=O)O)C(=O)O)cc32)c2ccccc2-c2ccccc21. The summed E-state index contributed by atoms with van der Waals surface area (Å²) in [7, 11) is 0. The monoisotopic (exact) mass is 629 g/mol. The second-order valence-corrected chi connectivity index (χ2v) is 12.1. The molecule has 4 aromatic carbocycles. The molecule has 7 N–H and O–H groups in total. The number of primary amides is 2.